The van der Waals surface area contributed by atoms with Gasteiger partial charge in [-0.3, -0.25) is 9.59 Å². The van der Waals surface area contributed by atoms with Crippen molar-refractivity contribution in [2.45, 2.75) is 41.7 Å². The lowest BCUT2D eigenvalue weighted by atomic mass is 10.2. The van der Waals surface area contributed by atoms with E-state index in [0.717, 1.165) is 16.1 Å². The molecule has 0 aliphatic carbocycles. The van der Waals surface area contributed by atoms with Crippen molar-refractivity contribution in [3.63, 3.8) is 0 Å². The molecule has 0 saturated heterocycles. The van der Waals surface area contributed by atoms with Crippen molar-refractivity contribution in [1.82, 2.24) is 0 Å². The van der Waals surface area contributed by atoms with Crippen LogP contribution in [-0.4, -0.2) is 38.3 Å². The van der Waals surface area contributed by atoms with E-state index in [1.54, 1.807) is 19.2 Å². The fourth-order valence-electron chi connectivity index (χ4n) is 3.01. The van der Waals surface area contributed by atoms with Crippen LogP contribution in [0.25, 0.3) is 0 Å². The lowest BCUT2D eigenvalue weighted by Crippen LogP contribution is -2.31. The van der Waals surface area contributed by atoms with Gasteiger partial charge in [0.15, 0.2) is 9.84 Å². The molecule has 0 unspecified atom stereocenters. The standard InChI is InChI=1S/C21H24N2O4S2/c1-14-4-6-16(7-5-14)23(3)21(25)12-15(2)29(26,27)17-8-9-19-18(13-17)22-20(24)10-11-28-19/h4-9,13,15H,10-12H2,1-3H3,(H,22,24)/t15-/m1/s1. The Bertz CT molecular complexity index is 1030. The third-order valence-electron chi connectivity index (χ3n) is 4.93. The highest BCUT2D eigenvalue weighted by atomic mass is 32.2. The van der Waals surface area contributed by atoms with Gasteiger partial charge in [0.2, 0.25) is 11.8 Å². The summed E-state index contributed by atoms with van der Waals surface area (Å²) in [6.07, 6.45) is 0.253. The van der Waals surface area contributed by atoms with Crippen molar-refractivity contribution < 1.29 is 18.0 Å². The lowest BCUT2D eigenvalue weighted by molar-refractivity contribution is -0.118. The number of sulfone groups is 1. The summed E-state index contributed by atoms with van der Waals surface area (Å²) in [6, 6.07) is 12.2. The number of carbonyl (C=O) groups is 2. The number of fused-ring (bicyclic) bond motifs is 1. The van der Waals surface area contributed by atoms with Crippen LogP contribution in [0, 0.1) is 6.92 Å². The lowest BCUT2D eigenvalue weighted by Gasteiger charge is -2.20. The molecule has 0 radical (unpaired) electrons. The molecule has 1 heterocycles. The number of thioether (sulfide) groups is 1. The summed E-state index contributed by atoms with van der Waals surface area (Å²) in [7, 11) is -2.09. The Labute approximate surface area is 175 Å². The van der Waals surface area contributed by atoms with E-state index in [1.807, 2.05) is 31.2 Å². The zero-order valence-electron chi connectivity index (χ0n) is 16.6. The minimum absolute atomic E-state index is 0.109. The van der Waals surface area contributed by atoms with E-state index in [1.165, 1.54) is 29.7 Å². The summed E-state index contributed by atoms with van der Waals surface area (Å²) < 4.78 is 26.1. The highest BCUT2D eigenvalue weighted by Crippen LogP contribution is 2.33. The Hall–Kier alpha value is -2.32. The Morgan fingerprint density at radius 2 is 1.90 bits per heavy atom. The Balaban J connectivity index is 1.77. The number of benzene rings is 2. The van der Waals surface area contributed by atoms with Gasteiger partial charge in [-0.25, -0.2) is 8.42 Å². The van der Waals surface area contributed by atoms with Gasteiger partial charge in [0.1, 0.15) is 0 Å². The monoisotopic (exact) mass is 432 g/mol. The highest BCUT2D eigenvalue weighted by molar-refractivity contribution is 7.99. The molecular formula is C21H24N2O4S2. The average Bonchev–Trinajstić information content (AvgIpc) is 2.87. The van der Waals surface area contributed by atoms with Crippen LogP contribution in [0.4, 0.5) is 11.4 Å². The maximum Gasteiger partial charge on any atom is 0.228 e. The van der Waals surface area contributed by atoms with E-state index in [4.69, 9.17) is 0 Å². The molecule has 1 N–H and O–H groups in total. The third-order valence-corrected chi connectivity index (χ3v) is 8.14. The van der Waals surface area contributed by atoms with Crippen molar-refractivity contribution in [2.24, 2.45) is 0 Å². The number of nitrogens with zero attached hydrogens (tertiary/aromatic N) is 1. The Morgan fingerprint density at radius 3 is 2.59 bits per heavy atom. The molecule has 0 fully saturated rings. The molecule has 6 nitrogen and oxygen atoms in total. The molecule has 1 aliphatic rings. The fourth-order valence-corrected chi connectivity index (χ4v) is 5.32. The number of amides is 2. The van der Waals surface area contributed by atoms with Gasteiger partial charge in [-0.05, 0) is 44.2 Å². The second-order valence-corrected chi connectivity index (χ2v) is 10.7. The van der Waals surface area contributed by atoms with Crippen molar-refractivity contribution >= 4 is 44.8 Å². The molecule has 1 aliphatic heterocycles. The maximum atomic E-state index is 13.0. The molecule has 2 amide bonds. The van der Waals surface area contributed by atoms with Gasteiger partial charge in [-0.2, -0.15) is 0 Å². The van der Waals surface area contributed by atoms with Gasteiger partial charge in [0.05, 0.1) is 15.8 Å². The zero-order chi connectivity index (χ0) is 21.2. The summed E-state index contributed by atoms with van der Waals surface area (Å²) in [5.74, 6) is 0.249. The summed E-state index contributed by atoms with van der Waals surface area (Å²) >= 11 is 1.52. The Morgan fingerprint density at radius 1 is 1.21 bits per heavy atom. The van der Waals surface area contributed by atoms with Crippen LogP contribution in [-0.2, 0) is 19.4 Å². The molecule has 29 heavy (non-hydrogen) atoms. The average molecular weight is 433 g/mol. The second-order valence-electron chi connectivity index (χ2n) is 7.15. The Kier molecular flexibility index (Phi) is 6.33. The molecule has 0 spiro atoms. The molecule has 2 aromatic rings. The van der Waals surface area contributed by atoms with Crippen molar-refractivity contribution in [2.75, 3.05) is 23.0 Å². The first-order chi connectivity index (χ1) is 13.7. The second kappa shape index (κ2) is 8.59. The largest absolute Gasteiger partial charge is 0.325 e. The molecule has 1 atom stereocenters. The summed E-state index contributed by atoms with van der Waals surface area (Å²) in [4.78, 5) is 26.9. The predicted molar refractivity (Wildman–Crippen MR) is 116 cm³/mol. The minimum Gasteiger partial charge on any atom is -0.325 e. The van der Waals surface area contributed by atoms with E-state index >= 15 is 0 Å². The number of rotatable bonds is 5. The number of aryl methyl sites for hydroxylation is 1. The molecular weight excluding hydrogens is 408 g/mol. The van der Waals surface area contributed by atoms with Gasteiger partial charge in [0.25, 0.3) is 0 Å². The normalized spacial score (nSPS) is 15.1. The van der Waals surface area contributed by atoms with E-state index in [2.05, 4.69) is 5.32 Å². The van der Waals surface area contributed by atoms with Gasteiger partial charge in [-0.1, -0.05) is 17.7 Å². The summed E-state index contributed by atoms with van der Waals surface area (Å²) in [6.45, 7) is 3.50. The topological polar surface area (TPSA) is 83.6 Å². The van der Waals surface area contributed by atoms with Gasteiger partial charge in [0, 0.05) is 36.2 Å². The fraction of sp³-hybridized carbons (Fsp3) is 0.333. The van der Waals surface area contributed by atoms with E-state index < -0.39 is 15.1 Å². The first-order valence-corrected chi connectivity index (χ1v) is 11.9. The first-order valence-electron chi connectivity index (χ1n) is 9.32. The van der Waals surface area contributed by atoms with E-state index in [-0.39, 0.29) is 23.1 Å². The van der Waals surface area contributed by atoms with Crippen LogP contribution in [0.1, 0.15) is 25.3 Å². The number of hydrogen-bond acceptors (Lipinski definition) is 5. The number of anilines is 2. The van der Waals surface area contributed by atoms with Gasteiger partial charge < -0.3 is 10.2 Å². The van der Waals surface area contributed by atoms with Crippen LogP contribution in [0.3, 0.4) is 0 Å². The van der Waals surface area contributed by atoms with Crippen LogP contribution < -0.4 is 10.2 Å². The zero-order valence-corrected chi connectivity index (χ0v) is 18.3. The summed E-state index contributed by atoms with van der Waals surface area (Å²) in [5.41, 5.74) is 2.31. The smallest absolute Gasteiger partial charge is 0.228 e. The van der Waals surface area contributed by atoms with Crippen LogP contribution in [0.15, 0.2) is 52.3 Å². The molecule has 2 aromatic carbocycles. The van der Waals surface area contributed by atoms with Crippen molar-refractivity contribution in [1.29, 1.82) is 0 Å². The highest BCUT2D eigenvalue weighted by Gasteiger charge is 2.28. The molecule has 3 rings (SSSR count). The van der Waals surface area contributed by atoms with Crippen LogP contribution in [0.5, 0.6) is 0 Å². The van der Waals surface area contributed by atoms with Crippen LogP contribution >= 0.6 is 11.8 Å². The summed E-state index contributed by atoms with van der Waals surface area (Å²) in [5, 5.41) is 1.87. The molecule has 0 saturated carbocycles. The SMILES string of the molecule is Cc1ccc(N(C)C(=O)C[C@@H](C)S(=O)(=O)c2ccc3c(c2)NC(=O)CCS3)cc1. The molecule has 8 heteroatoms. The van der Waals surface area contributed by atoms with Crippen molar-refractivity contribution in [3.05, 3.63) is 48.0 Å². The van der Waals surface area contributed by atoms with Gasteiger partial charge >= 0.3 is 0 Å². The molecule has 0 bridgehead atoms. The van der Waals surface area contributed by atoms with Gasteiger partial charge in [-0.15, -0.1) is 11.8 Å². The number of nitrogens with one attached hydrogen (secondary N) is 1. The molecule has 154 valence electrons. The van der Waals surface area contributed by atoms with E-state index in [9.17, 15) is 18.0 Å². The van der Waals surface area contributed by atoms with Crippen LogP contribution in [0.2, 0.25) is 0 Å². The van der Waals surface area contributed by atoms with Crippen molar-refractivity contribution in [3.8, 4) is 0 Å². The van der Waals surface area contributed by atoms with E-state index in [0.29, 0.717) is 17.9 Å². The minimum atomic E-state index is -3.73. The quantitative estimate of drug-likeness (QED) is 0.780. The molecule has 0 aromatic heterocycles. The number of carbonyl (C=O) groups excluding carboxylic acids is 2. The third kappa shape index (κ3) is 4.82. The number of hydrogen-bond donors (Lipinski definition) is 1. The maximum absolute atomic E-state index is 13.0. The predicted octanol–water partition coefficient (Wildman–Crippen LogP) is 3.64. The first kappa shape index (κ1) is 21.4.